The molecule has 1 rings (SSSR count). The minimum Gasteiger partial charge on any atom is -0.396 e. The van der Waals surface area contributed by atoms with Crippen molar-refractivity contribution in [3.05, 3.63) is 18.2 Å². The molecule has 14 heavy (non-hydrogen) atoms. The van der Waals surface area contributed by atoms with Gasteiger partial charge in [0.2, 0.25) is 0 Å². The first-order valence-electron chi connectivity index (χ1n) is 5.07. The summed E-state index contributed by atoms with van der Waals surface area (Å²) in [4.78, 5) is 4.05. The monoisotopic (exact) mass is 197 g/mol. The van der Waals surface area contributed by atoms with Crippen LogP contribution < -0.4 is 5.32 Å². The maximum atomic E-state index is 8.82. The van der Waals surface area contributed by atoms with Gasteiger partial charge < -0.3 is 15.0 Å². The van der Waals surface area contributed by atoms with Crippen LogP contribution in [-0.2, 0) is 13.6 Å². The van der Waals surface area contributed by atoms with E-state index >= 15 is 0 Å². The zero-order valence-electron chi connectivity index (χ0n) is 8.90. The van der Waals surface area contributed by atoms with Gasteiger partial charge in [-0.25, -0.2) is 4.98 Å². The van der Waals surface area contributed by atoms with Crippen LogP contribution in [0, 0.1) is 0 Å². The lowest BCUT2D eigenvalue weighted by molar-refractivity contribution is 0.261. The Kier molecular flexibility index (Phi) is 4.62. The van der Waals surface area contributed by atoms with Crippen molar-refractivity contribution in [2.45, 2.75) is 32.4 Å². The average molecular weight is 197 g/mol. The molecular formula is C10H19N3O. The van der Waals surface area contributed by atoms with E-state index in [0.717, 1.165) is 19.4 Å². The number of nitrogens with zero attached hydrogens (tertiary/aromatic N) is 2. The molecule has 1 aromatic rings. The van der Waals surface area contributed by atoms with Crippen LogP contribution in [0.4, 0.5) is 0 Å². The number of hydrogen-bond acceptors (Lipinski definition) is 3. The van der Waals surface area contributed by atoms with E-state index in [9.17, 15) is 0 Å². The highest BCUT2D eigenvalue weighted by Crippen LogP contribution is 2.00. The molecule has 0 saturated carbocycles. The topological polar surface area (TPSA) is 50.1 Å². The lowest BCUT2D eigenvalue weighted by Gasteiger charge is -2.15. The summed E-state index contributed by atoms with van der Waals surface area (Å²) < 4.78 is 2.00. The third-order valence-electron chi connectivity index (χ3n) is 2.46. The summed E-state index contributed by atoms with van der Waals surface area (Å²) in [5, 5.41) is 12.2. The van der Waals surface area contributed by atoms with E-state index < -0.39 is 0 Å². The van der Waals surface area contributed by atoms with Crippen molar-refractivity contribution in [2.24, 2.45) is 7.05 Å². The van der Waals surface area contributed by atoms with Gasteiger partial charge >= 0.3 is 0 Å². The summed E-state index contributed by atoms with van der Waals surface area (Å²) in [6.07, 6.45) is 5.51. The van der Waals surface area contributed by atoms with E-state index in [-0.39, 0.29) is 6.61 Å². The predicted octanol–water partition coefficient (Wildman–Crippen LogP) is 0.671. The number of aryl methyl sites for hydroxylation is 1. The van der Waals surface area contributed by atoms with Gasteiger partial charge in [0.1, 0.15) is 0 Å². The van der Waals surface area contributed by atoms with E-state index in [1.54, 1.807) is 6.33 Å². The third-order valence-corrected chi connectivity index (χ3v) is 2.46. The Morgan fingerprint density at radius 3 is 2.93 bits per heavy atom. The standard InChI is InChI=1S/C10H19N3O/c1-3-9(4-5-14)12-7-10-6-11-8-13(10)2/h6,8-9,12,14H,3-5,7H2,1-2H3. The molecule has 4 nitrogen and oxygen atoms in total. The summed E-state index contributed by atoms with van der Waals surface area (Å²) in [5.74, 6) is 0. The van der Waals surface area contributed by atoms with Crippen LogP contribution in [0.2, 0.25) is 0 Å². The van der Waals surface area contributed by atoms with Gasteiger partial charge in [-0.05, 0) is 12.8 Å². The largest absolute Gasteiger partial charge is 0.396 e. The molecule has 0 saturated heterocycles. The van der Waals surface area contributed by atoms with Crippen LogP contribution in [-0.4, -0.2) is 27.3 Å². The fourth-order valence-corrected chi connectivity index (χ4v) is 1.41. The second-order valence-electron chi connectivity index (χ2n) is 3.49. The van der Waals surface area contributed by atoms with Gasteiger partial charge in [0.25, 0.3) is 0 Å². The molecule has 0 amide bonds. The molecule has 4 heteroatoms. The Morgan fingerprint density at radius 1 is 1.64 bits per heavy atom. The molecule has 0 spiro atoms. The van der Waals surface area contributed by atoms with Crippen LogP contribution >= 0.6 is 0 Å². The first-order chi connectivity index (χ1) is 6.77. The molecule has 80 valence electrons. The van der Waals surface area contributed by atoms with Crippen molar-refractivity contribution < 1.29 is 5.11 Å². The van der Waals surface area contributed by atoms with Crippen LogP contribution in [0.15, 0.2) is 12.5 Å². The molecule has 1 atom stereocenters. The molecule has 0 aliphatic carbocycles. The van der Waals surface area contributed by atoms with Crippen LogP contribution in [0.5, 0.6) is 0 Å². The molecule has 0 radical (unpaired) electrons. The number of imidazole rings is 1. The van der Waals surface area contributed by atoms with Crippen LogP contribution in [0.25, 0.3) is 0 Å². The molecular weight excluding hydrogens is 178 g/mol. The third kappa shape index (κ3) is 3.12. The molecule has 1 unspecified atom stereocenters. The number of aliphatic hydroxyl groups excluding tert-OH is 1. The Morgan fingerprint density at radius 2 is 2.43 bits per heavy atom. The van der Waals surface area contributed by atoms with Crippen molar-refractivity contribution in [3.8, 4) is 0 Å². The minimum atomic E-state index is 0.247. The molecule has 0 fully saturated rings. The van der Waals surface area contributed by atoms with Crippen molar-refractivity contribution in [3.63, 3.8) is 0 Å². The van der Waals surface area contributed by atoms with Gasteiger partial charge in [0, 0.05) is 32.4 Å². The molecule has 0 bridgehead atoms. The Labute approximate surface area is 85.0 Å². The highest BCUT2D eigenvalue weighted by molar-refractivity contribution is 4.97. The molecule has 2 N–H and O–H groups in total. The quantitative estimate of drug-likeness (QED) is 0.704. The fraction of sp³-hybridized carbons (Fsp3) is 0.700. The summed E-state index contributed by atoms with van der Waals surface area (Å²) in [5.41, 5.74) is 1.17. The lowest BCUT2D eigenvalue weighted by Crippen LogP contribution is -2.29. The number of aliphatic hydroxyl groups is 1. The van der Waals surface area contributed by atoms with Gasteiger partial charge in [-0.2, -0.15) is 0 Å². The molecule has 0 aliphatic rings. The summed E-state index contributed by atoms with van der Waals surface area (Å²) >= 11 is 0. The SMILES string of the molecule is CCC(CCO)NCc1cncn1C. The first kappa shape index (κ1) is 11.2. The zero-order valence-corrected chi connectivity index (χ0v) is 8.90. The Hall–Kier alpha value is -0.870. The second kappa shape index (κ2) is 5.78. The fourth-order valence-electron chi connectivity index (χ4n) is 1.41. The predicted molar refractivity (Wildman–Crippen MR) is 55.8 cm³/mol. The molecule has 1 aromatic heterocycles. The first-order valence-corrected chi connectivity index (χ1v) is 5.07. The summed E-state index contributed by atoms with van der Waals surface area (Å²) in [6.45, 7) is 3.18. The summed E-state index contributed by atoms with van der Waals surface area (Å²) in [7, 11) is 1.98. The van der Waals surface area contributed by atoms with Gasteiger partial charge in [0.15, 0.2) is 0 Å². The number of nitrogens with one attached hydrogen (secondary N) is 1. The normalized spacial score (nSPS) is 13.1. The zero-order chi connectivity index (χ0) is 10.4. The number of rotatable bonds is 6. The van der Waals surface area contributed by atoms with Gasteiger partial charge in [-0.15, -0.1) is 0 Å². The minimum absolute atomic E-state index is 0.247. The average Bonchev–Trinajstić information content (AvgIpc) is 2.59. The van der Waals surface area contributed by atoms with Gasteiger partial charge in [-0.3, -0.25) is 0 Å². The summed E-state index contributed by atoms with van der Waals surface area (Å²) in [6, 6.07) is 0.398. The van der Waals surface area contributed by atoms with Crippen molar-refractivity contribution in [2.75, 3.05) is 6.61 Å². The smallest absolute Gasteiger partial charge is 0.0945 e. The molecule has 0 aliphatic heterocycles. The molecule has 1 heterocycles. The lowest BCUT2D eigenvalue weighted by atomic mass is 10.1. The number of hydrogen-bond donors (Lipinski definition) is 2. The maximum Gasteiger partial charge on any atom is 0.0945 e. The number of aromatic nitrogens is 2. The maximum absolute atomic E-state index is 8.82. The second-order valence-corrected chi connectivity index (χ2v) is 3.49. The Balaban J connectivity index is 2.35. The van der Waals surface area contributed by atoms with E-state index in [0.29, 0.717) is 6.04 Å². The highest BCUT2D eigenvalue weighted by Gasteiger charge is 2.05. The van der Waals surface area contributed by atoms with Crippen molar-refractivity contribution >= 4 is 0 Å². The Bertz CT molecular complexity index is 260. The van der Waals surface area contributed by atoms with Crippen molar-refractivity contribution in [1.29, 1.82) is 0 Å². The van der Waals surface area contributed by atoms with E-state index in [4.69, 9.17) is 5.11 Å². The van der Waals surface area contributed by atoms with E-state index in [1.807, 2.05) is 17.8 Å². The molecule has 0 aromatic carbocycles. The van der Waals surface area contributed by atoms with Gasteiger partial charge in [-0.1, -0.05) is 6.92 Å². The highest BCUT2D eigenvalue weighted by atomic mass is 16.3. The van der Waals surface area contributed by atoms with Crippen LogP contribution in [0.1, 0.15) is 25.5 Å². The van der Waals surface area contributed by atoms with Crippen molar-refractivity contribution in [1.82, 2.24) is 14.9 Å². The van der Waals surface area contributed by atoms with Gasteiger partial charge in [0.05, 0.1) is 12.0 Å². The van der Waals surface area contributed by atoms with Crippen LogP contribution in [0.3, 0.4) is 0 Å². The van der Waals surface area contributed by atoms with E-state index in [2.05, 4.69) is 17.2 Å². The van der Waals surface area contributed by atoms with E-state index in [1.165, 1.54) is 5.69 Å².